The molecule has 5 rings (SSSR count). The minimum Gasteiger partial charge on any atom is -0.408 e. The van der Waals surface area contributed by atoms with Crippen LogP contribution in [0.1, 0.15) is 36.9 Å². The number of hydrogen-bond donors (Lipinski definition) is 1. The number of nitrogens with zero attached hydrogens (tertiary/aromatic N) is 3. The second kappa shape index (κ2) is 7.75. The zero-order valence-electron chi connectivity index (χ0n) is 16.4. The Bertz CT molecular complexity index is 1490. The fourth-order valence-electron chi connectivity index (χ4n) is 3.43. The van der Waals surface area contributed by atoms with Gasteiger partial charge in [0.1, 0.15) is 5.82 Å². The Morgan fingerprint density at radius 2 is 2.03 bits per heavy atom. The standard InChI is InChI=1S/C20H16ClFN4O5S/c21-14-8-12(22)4-6-15(14)25-32(28,29)13-5-7-16-17(9-13)30-20(27)26(16)10-18-23-19(31-24-18)11-2-1-3-11/h4-9,11,25H,1-3,10H2. The minimum atomic E-state index is -4.07. The Morgan fingerprint density at radius 1 is 1.22 bits per heavy atom. The minimum absolute atomic E-state index is 0.0200. The van der Waals surface area contributed by atoms with Gasteiger partial charge in [-0.05, 0) is 43.2 Å². The zero-order chi connectivity index (χ0) is 22.5. The Labute approximate surface area is 185 Å². The van der Waals surface area contributed by atoms with Crippen LogP contribution in [0.15, 0.2) is 55.0 Å². The summed E-state index contributed by atoms with van der Waals surface area (Å²) in [6.07, 6.45) is 3.14. The van der Waals surface area contributed by atoms with E-state index >= 15 is 0 Å². The van der Waals surface area contributed by atoms with Crippen LogP contribution in [-0.2, 0) is 16.6 Å². The molecule has 32 heavy (non-hydrogen) atoms. The first-order valence-corrected chi connectivity index (χ1v) is 11.6. The lowest BCUT2D eigenvalue weighted by atomic mass is 9.85. The number of hydrogen-bond acceptors (Lipinski definition) is 7. The van der Waals surface area contributed by atoms with Gasteiger partial charge < -0.3 is 8.94 Å². The van der Waals surface area contributed by atoms with Gasteiger partial charge in [-0.2, -0.15) is 4.98 Å². The van der Waals surface area contributed by atoms with Gasteiger partial charge in [0.15, 0.2) is 11.4 Å². The molecule has 0 atom stereocenters. The van der Waals surface area contributed by atoms with Crippen LogP contribution in [0.2, 0.25) is 5.02 Å². The second-order valence-corrected chi connectivity index (χ2v) is 9.58. The van der Waals surface area contributed by atoms with Gasteiger partial charge in [-0.1, -0.05) is 23.2 Å². The average molecular weight is 479 g/mol. The van der Waals surface area contributed by atoms with Gasteiger partial charge in [0.2, 0.25) is 5.89 Å². The van der Waals surface area contributed by atoms with E-state index < -0.39 is 21.6 Å². The van der Waals surface area contributed by atoms with E-state index in [-0.39, 0.29) is 33.7 Å². The van der Waals surface area contributed by atoms with Crippen LogP contribution in [0.25, 0.3) is 11.1 Å². The van der Waals surface area contributed by atoms with Crippen LogP contribution >= 0.6 is 11.6 Å². The second-order valence-electron chi connectivity index (χ2n) is 7.49. The molecule has 1 N–H and O–H groups in total. The molecule has 9 nitrogen and oxygen atoms in total. The van der Waals surface area contributed by atoms with Crippen molar-refractivity contribution in [3.8, 4) is 0 Å². The Kier molecular flexibility index (Phi) is 5.01. The van der Waals surface area contributed by atoms with Crippen molar-refractivity contribution in [3.63, 3.8) is 0 Å². The molecule has 0 aliphatic heterocycles. The molecule has 2 heterocycles. The maximum Gasteiger partial charge on any atom is 0.420 e. The molecule has 2 aromatic carbocycles. The number of aromatic nitrogens is 3. The van der Waals surface area contributed by atoms with E-state index in [1.807, 2.05) is 0 Å². The molecule has 12 heteroatoms. The van der Waals surface area contributed by atoms with Crippen molar-refractivity contribution < 1.29 is 21.7 Å². The van der Waals surface area contributed by atoms with Crippen molar-refractivity contribution in [3.05, 3.63) is 69.5 Å². The Hall–Kier alpha value is -3.18. The predicted octanol–water partition coefficient (Wildman–Crippen LogP) is 3.89. The lowest BCUT2D eigenvalue weighted by Gasteiger charge is -2.20. The summed E-state index contributed by atoms with van der Waals surface area (Å²) in [5, 5.41) is 3.84. The van der Waals surface area contributed by atoms with Crippen LogP contribution in [0.4, 0.5) is 10.1 Å². The van der Waals surface area contributed by atoms with E-state index in [4.69, 9.17) is 20.5 Å². The number of halogens is 2. The molecular weight excluding hydrogens is 463 g/mol. The summed E-state index contributed by atoms with van der Waals surface area (Å²) in [5.41, 5.74) is 0.473. The van der Waals surface area contributed by atoms with Crippen LogP contribution in [-0.4, -0.2) is 23.1 Å². The third-order valence-corrected chi connectivity index (χ3v) is 7.04. The molecule has 0 bridgehead atoms. The molecule has 4 aromatic rings. The van der Waals surface area contributed by atoms with Crippen LogP contribution < -0.4 is 10.5 Å². The first-order chi connectivity index (χ1) is 15.3. The first kappa shape index (κ1) is 20.7. The van der Waals surface area contributed by atoms with E-state index in [0.717, 1.165) is 31.4 Å². The zero-order valence-corrected chi connectivity index (χ0v) is 18.0. The number of benzene rings is 2. The third-order valence-electron chi connectivity index (χ3n) is 5.36. The van der Waals surface area contributed by atoms with Gasteiger partial charge in [-0.3, -0.25) is 9.29 Å². The maximum atomic E-state index is 13.2. The van der Waals surface area contributed by atoms with Gasteiger partial charge in [0, 0.05) is 12.0 Å². The highest BCUT2D eigenvalue weighted by molar-refractivity contribution is 7.92. The molecule has 0 saturated heterocycles. The SMILES string of the molecule is O=c1oc2cc(S(=O)(=O)Nc3ccc(F)cc3Cl)ccc2n1Cc1noc(C2CCC2)n1. The summed E-state index contributed by atoms with van der Waals surface area (Å²) < 4.78 is 52.8. The number of sulfonamides is 1. The molecule has 0 radical (unpaired) electrons. The lowest BCUT2D eigenvalue weighted by Crippen LogP contribution is -2.16. The fraction of sp³-hybridized carbons (Fsp3) is 0.250. The summed E-state index contributed by atoms with van der Waals surface area (Å²) >= 11 is 5.90. The van der Waals surface area contributed by atoms with Gasteiger partial charge in [-0.15, -0.1) is 0 Å². The Morgan fingerprint density at radius 3 is 2.75 bits per heavy atom. The van der Waals surface area contributed by atoms with Crippen molar-refractivity contribution in [2.24, 2.45) is 0 Å². The monoisotopic (exact) mass is 478 g/mol. The summed E-state index contributed by atoms with van der Waals surface area (Å²) in [6, 6.07) is 7.30. The number of oxazole rings is 1. The van der Waals surface area contributed by atoms with Gasteiger partial charge in [-0.25, -0.2) is 17.6 Å². The van der Waals surface area contributed by atoms with E-state index in [1.54, 1.807) is 0 Å². The normalized spacial score (nSPS) is 14.6. The fourth-order valence-corrected chi connectivity index (χ4v) is 4.80. The molecule has 0 spiro atoms. The number of fused-ring (bicyclic) bond motifs is 1. The average Bonchev–Trinajstić information content (AvgIpc) is 3.27. The molecule has 1 aliphatic carbocycles. The van der Waals surface area contributed by atoms with Gasteiger partial charge >= 0.3 is 5.76 Å². The molecule has 0 unspecified atom stereocenters. The smallest absolute Gasteiger partial charge is 0.408 e. The molecule has 2 aromatic heterocycles. The van der Waals surface area contributed by atoms with Gasteiger partial charge in [0.05, 0.1) is 27.7 Å². The van der Waals surface area contributed by atoms with E-state index in [9.17, 15) is 17.6 Å². The quantitative estimate of drug-likeness (QED) is 0.446. The number of rotatable bonds is 6. The number of anilines is 1. The lowest BCUT2D eigenvalue weighted by molar-refractivity contribution is 0.291. The topological polar surface area (TPSA) is 120 Å². The highest BCUT2D eigenvalue weighted by Gasteiger charge is 2.26. The summed E-state index contributed by atoms with van der Waals surface area (Å²) in [5.74, 6) is -0.112. The Balaban J connectivity index is 1.43. The van der Waals surface area contributed by atoms with E-state index in [0.29, 0.717) is 17.2 Å². The van der Waals surface area contributed by atoms with E-state index in [2.05, 4.69) is 14.9 Å². The van der Waals surface area contributed by atoms with Gasteiger partial charge in [0.25, 0.3) is 10.0 Å². The first-order valence-electron chi connectivity index (χ1n) is 9.74. The largest absolute Gasteiger partial charge is 0.420 e. The molecular formula is C20H16ClFN4O5S. The van der Waals surface area contributed by atoms with Crippen molar-refractivity contribution in [2.45, 2.75) is 36.6 Å². The molecule has 1 saturated carbocycles. The van der Waals surface area contributed by atoms with Crippen LogP contribution in [0.3, 0.4) is 0 Å². The summed E-state index contributed by atoms with van der Waals surface area (Å²) in [7, 11) is -4.07. The third kappa shape index (κ3) is 3.78. The molecule has 166 valence electrons. The number of nitrogens with one attached hydrogen (secondary N) is 1. The molecule has 0 amide bonds. The highest BCUT2D eigenvalue weighted by atomic mass is 35.5. The molecule has 1 fully saturated rings. The summed E-state index contributed by atoms with van der Waals surface area (Å²) in [6.45, 7) is 0.0254. The van der Waals surface area contributed by atoms with Crippen LogP contribution in [0.5, 0.6) is 0 Å². The predicted molar refractivity (Wildman–Crippen MR) is 113 cm³/mol. The van der Waals surface area contributed by atoms with E-state index in [1.165, 1.54) is 28.8 Å². The maximum absolute atomic E-state index is 13.2. The van der Waals surface area contributed by atoms with Crippen molar-refractivity contribution in [1.82, 2.24) is 14.7 Å². The highest BCUT2D eigenvalue weighted by Crippen LogP contribution is 2.35. The van der Waals surface area contributed by atoms with Crippen molar-refractivity contribution in [1.29, 1.82) is 0 Å². The summed E-state index contributed by atoms with van der Waals surface area (Å²) in [4.78, 5) is 16.6. The van der Waals surface area contributed by atoms with Crippen molar-refractivity contribution in [2.75, 3.05) is 4.72 Å². The van der Waals surface area contributed by atoms with Crippen LogP contribution in [0, 0.1) is 5.82 Å². The van der Waals surface area contributed by atoms with Crippen molar-refractivity contribution >= 4 is 38.4 Å². The molecule has 1 aliphatic rings.